The highest BCUT2D eigenvalue weighted by Gasteiger charge is 2.27. The van der Waals surface area contributed by atoms with Crippen LogP contribution in [0.3, 0.4) is 0 Å². The number of rotatable bonds is 6. The van der Waals surface area contributed by atoms with Gasteiger partial charge in [0.25, 0.3) is 0 Å². The highest BCUT2D eigenvalue weighted by atomic mass is 16.5. The van der Waals surface area contributed by atoms with Crippen molar-refractivity contribution in [3.05, 3.63) is 23.9 Å². The van der Waals surface area contributed by atoms with E-state index in [1.165, 1.54) is 12.0 Å². The van der Waals surface area contributed by atoms with Gasteiger partial charge in [0.2, 0.25) is 5.91 Å². The minimum Gasteiger partial charge on any atom is -0.496 e. The molecule has 0 saturated carbocycles. The third-order valence-electron chi connectivity index (χ3n) is 4.98. The zero-order chi connectivity index (χ0) is 20.3. The lowest BCUT2D eigenvalue weighted by atomic mass is 10.2. The van der Waals surface area contributed by atoms with Crippen molar-refractivity contribution in [2.45, 2.75) is 32.5 Å². The van der Waals surface area contributed by atoms with E-state index in [0.717, 1.165) is 13.1 Å². The molecule has 1 fully saturated rings. The summed E-state index contributed by atoms with van der Waals surface area (Å²) < 4.78 is 16.0. The number of carbonyl (C=O) groups excluding carboxylic acids is 2. The van der Waals surface area contributed by atoms with Crippen molar-refractivity contribution in [1.82, 2.24) is 4.98 Å². The number of benzene rings is 1. The number of nitrogens with one attached hydrogen (secondary N) is 3. The minimum atomic E-state index is -0.546. The summed E-state index contributed by atoms with van der Waals surface area (Å²) >= 11 is 0. The number of esters is 1. The first-order chi connectivity index (χ1) is 13.4. The van der Waals surface area contributed by atoms with E-state index in [-0.39, 0.29) is 23.8 Å². The van der Waals surface area contributed by atoms with Crippen LogP contribution in [-0.4, -0.2) is 62.9 Å². The summed E-state index contributed by atoms with van der Waals surface area (Å²) in [7, 11) is 2.86. The van der Waals surface area contributed by atoms with Crippen LogP contribution < -0.4 is 15.0 Å². The Balaban J connectivity index is 1.78. The fourth-order valence-corrected chi connectivity index (χ4v) is 3.85. The molecule has 0 bridgehead atoms. The van der Waals surface area contributed by atoms with E-state index in [0.29, 0.717) is 35.3 Å². The number of hydrogen-bond donors (Lipinski definition) is 3. The quantitative estimate of drug-likeness (QED) is 0.640. The minimum absolute atomic E-state index is 0.156. The van der Waals surface area contributed by atoms with Gasteiger partial charge in [-0.3, -0.25) is 4.79 Å². The molecular formula is C20H28N3O5+. The lowest BCUT2D eigenvalue weighted by molar-refractivity contribution is -0.914. The number of methoxy groups -OCH3 is 2. The molecule has 0 unspecified atom stereocenters. The van der Waals surface area contributed by atoms with Crippen molar-refractivity contribution in [2.24, 2.45) is 0 Å². The zero-order valence-corrected chi connectivity index (χ0v) is 16.8. The number of amides is 1. The first kappa shape index (κ1) is 20.2. The van der Waals surface area contributed by atoms with Crippen molar-refractivity contribution >= 4 is 28.5 Å². The number of morpholine rings is 1. The van der Waals surface area contributed by atoms with Gasteiger partial charge in [0, 0.05) is 0 Å². The Labute approximate surface area is 164 Å². The molecule has 2 heterocycles. The Hall–Kier alpha value is -2.58. The molecule has 8 nitrogen and oxygen atoms in total. The summed E-state index contributed by atoms with van der Waals surface area (Å²) in [6, 6.07) is 5.42. The van der Waals surface area contributed by atoms with E-state index in [2.05, 4.69) is 24.1 Å². The van der Waals surface area contributed by atoms with Crippen LogP contribution in [0.1, 0.15) is 30.8 Å². The topological polar surface area (TPSA) is 94.1 Å². The van der Waals surface area contributed by atoms with Crippen LogP contribution in [-0.2, 0) is 14.3 Å². The number of quaternary nitrogens is 1. The SMILES string of the molecule is COC(=O)c1[nH]c2cccc(OC)c2c1NC(=O)CC[NH+]1C[C@H](C)O[C@@H](C)C1. The van der Waals surface area contributed by atoms with Gasteiger partial charge in [-0.05, 0) is 26.0 Å². The second-order valence-electron chi connectivity index (χ2n) is 7.21. The molecule has 1 saturated heterocycles. The summed E-state index contributed by atoms with van der Waals surface area (Å²) in [5.41, 5.74) is 1.29. The van der Waals surface area contributed by atoms with E-state index in [9.17, 15) is 9.59 Å². The first-order valence-electron chi connectivity index (χ1n) is 9.48. The molecule has 2 aromatic rings. The largest absolute Gasteiger partial charge is 0.496 e. The molecule has 8 heteroatoms. The number of anilines is 1. The number of hydrogen-bond acceptors (Lipinski definition) is 5. The van der Waals surface area contributed by atoms with E-state index >= 15 is 0 Å². The Morgan fingerprint density at radius 2 is 1.96 bits per heavy atom. The third-order valence-corrected chi connectivity index (χ3v) is 4.98. The second-order valence-corrected chi connectivity index (χ2v) is 7.21. The Kier molecular flexibility index (Phi) is 6.21. The average molecular weight is 390 g/mol. The molecule has 1 aliphatic heterocycles. The van der Waals surface area contributed by atoms with Gasteiger partial charge in [0.05, 0.1) is 43.8 Å². The number of fused-ring (bicyclic) bond motifs is 1. The number of carbonyl (C=O) groups is 2. The van der Waals surface area contributed by atoms with Gasteiger partial charge in [0.15, 0.2) is 0 Å². The highest BCUT2D eigenvalue weighted by Crippen LogP contribution is 2.35. The average Bonchev–Trinajstić information content (AvgIpc) is 3.03. The second kappa shape index (κ2) is 8.62. The molecular weight excluding hydrogens is 362 g/mol. The molecule has 152 valence electrons. The van der Waals surface area contributed by atoms with Gasteiger partial charge in [-0.1, -0.05) is 6.07 Å². The van der Waals surface area contributed by atoms with Crippen LogP contribution in [0.25, 0.3) is 10.9 Å². The monoisotopic (exact) mass is 390 g/mol. The van der Waals surface area contributed by atoms with Crippen LogP contribution in [0.4, 0.5) is 5.69 Å². The fraction of sp³-hybridized carbons (Fsp3) is 0.500. The molecule has 2 atom stereocenters. The standard InChI is InChI=1S/C20H27N3O5/c1-12-10-23(11-13(2)28-12)9-8-16(24)22-18-17-14(6-5-7-15(17)26-3)21-19(18)20(25)27-4/h5-7,12-13,21H,8-11H2,1-4H3,(H,22,24)/p+1/t12-,13-/m0/s1. The molecule has 1 aliphatic rings. The number of H-pyrrole nitrogens is 1. The predicted octanol–water partition coefficient (Wildman–Crippen LogP) is 0.984. The third kappa shape index (κ3) is 4.28. The van der Waals surface area contributed by atoms with Crippen LogP contribution in [0.5, 0.6) is 5.75 Å². The lowest BCUT2D eigenvalue weighted by Gasteiger charge is -2.32. The molecule has 1 amide bonds. The van der Waals surface area contributed by atoms with Crippen molar-refractivity contribution < 1.29 is 28.7 Å². The van der Waals surface area contributed by atoms with Crippen molar-refractivity contribution in [3.63, 3.8) is 0 Å². The number of aromatic nitrogens is 1. The number of aromatic amines is 1. The van der Waals surface area contributed by atoms with Crippen molar-refractivity contribution in [2.75, 3.05) is 39.2 Å². The van der Waals surface area contributed by atoms with Crippen LogP contribution in [0, 0.1) is 0 Å². The molecule has 3 N–H and O–H groups in total. The molecule has 0 spiro atoms. The van der Waals surface area contributed by atoms with E-state index < -0.39 is 5.97 Å². The Bertz CT molecular complexity index is 853. The normalized spacial score (nSPS) is 22.1. The molecule has 0 radical (unpaired) electrons. The van der Waals surface area contributed by atoms with E-state index in [1.807, 2.05) is 12.1 Å². The van der Waals surface area contributed by atoms with Gasteiger partial charge in [0.1, 0.15) is 36.7 Å². The lowest BCUT2D eigenvalue weighted by Crippen LogP contribution is -3.15. The maximum absolute atomic E-state index is 12.7. The highest BCUT2D eigenvalue weighted by molar-refractivity contribution is 6.12. The van der Waals surface area contributed by atoms with Crippen molar-refractivity contribution in [3.8, 4) is 5.75 Å². The smallest absolute Gasteiger partial charge is 0.356 e. The van der Waals surface area contributed by atoms with Gasteiger partial charge in [-0.2, -0.15) is 0 Å². The number of ether oxygens (including phenoxy) is 3. The summed E-state index contributed by atoms with van der Waals surface area (Å²) in [4.78, 5) is 29.2. The first-order valence-corrected chi connectivity index (χ1v) is 9.48. The Morgan fingerprint density at radius 3 is 2.61 bits per heavy atom. The van der Waals surface area contributed by atoms with E-state index in [4.69, 9.17) is 14.2 Å². The molecule has 0 aliphatic carbocycles. The van der Waals surface area contributed by atoms with Gasteiger partial charge in [-0.15, -0.1) is 0 Å². The summed E-state index contributed by atoms with van der Waals surface area (Å²) in [6.45, 7) is 6.57. The van der Waals surface area contributed by atoms with Gasteiger partial charge >= 0.3 is 5.97 Å². The summed E-state index contributed by atoms with van der Waals surface area (Å²) in [6.07, 6.45) is 0.716. The maximum atomic E-state index is 12.7. The van der Waals surface area contributed by atoms with Gasteiger partial charge < -0.3 is 29.4 Å². The summed E-state index contributed by atoms with van der Waals surface area (Å²) in [5.74, 6) is -0.132. The van der Waals surface area contributed by atoms with Crippen LogP contribution in [0.15, 0.2) is 18.2 Å². The zero-order valence-electron chi connectivity index (χ0n) is 16.8. The van der Waals surface area contributed by atoms with Gasteiger partial charge in [-0.25, -0.2) is 4.79 Å². The maximum Gasteiger partial charge on any atom is 0.356 e. The van der Waals surface area contributed by atoms with Crippen LogP contribution in [0.2, 0.25) is 0 Å². The fourth-order valence-electron chi connectivity index (χ4n) is 3.85. The van der Waals surface area contributed by atoms with Crippen molar-refractivity contribution in [1.29, 1.82) is 0 Å². The van der Waals surface area contributed by atoms with Crippen LogP contribution >= 0.6 is 0 Å². The molecule has 28 heavy (non-hydrogen) atoms. The summed E-state index contributed by atoms with van der Waals surface area (Å²) in [5, 5.41) is 3.54. The molecule has 1 aromatic heterocycles. The Morgan fingerprint density at radius 1 is 1.25 bits per heavy atom. The van der Waals surface area contributed by atoms with E-state index in [1.54, 1.807) is 13.2 Å². The molecule has 1 aromatic carbocycles. The molecule has 3 rings (SSSR count). The predicted molar refractivity (Wildman–Crippen MR) is 105 cm³/mol.